The van der Waals surface area contributed by atoms with E-state index in [2.05, 4.69) is 27.4 Å². The molecule has 34 heavy (non-hydrogen) atoms. The number of nitrogens with zero attached hydrogens (tertiary/aromatic N) is 3. The minimum atomic E-state index is -0.282. The molecule has 0 aliphatic carbocycles. The highest BCUT2D eigenvalue weighted by molar-refractivity contribution is 7.99. The van der Waals surface area contributed by atoms with Gasteiger partial charge in [0, 0.05) is 23.3 Å². The van der Waals surface area contributed by atoms with Gasteiger partial charge in [-0.1, -0.05) is 65.8 Å². The molecule has 176 valence electrons. The number of thioether (sulfide) groups is 1. The molecule has 0 unspecified atom stereocenters. The van der Waals surface area contributed by atoms with Crippen molar-refractivity contribution in [2.75, 3.05) is 11.1 Å². The largest absolute Gasteiger partial charge is 0.345 e. The predicted molar refractivity (Wildman–Crippen MR) is 138 cm³/mol. The van der Waals surface area contributed by atoms with Crippen LogP contribution in [-0.4, -0.2) is 32.3 Å². The molecule has 0 spiro atoms. The smallest absolute Gasteiger partial charge is 0.244 e. The third kappa shape index (κ3) is 6.82. The second-order valence-corrected chi connectivity index (χ2v) is 8.82. The van der Waals surface area contributed by atoms with Crippen LogP contribution in [0.4, 0.5) is 5.69 Å². The first-order chi connectivity index (χ1) is 16.4. The lowest BCUT2D eigenvalue weighted by Crippen LogP contribution is -2.23. The van der Waals surface area contributed by atoms with Gasteiger partial charge in [-0.15, -0.1) is 16.8 Å². The zero-order valence-electron chi connectivity index (χ0n) is 19.0. The minimum absolute atomic E-state index is 0.130. The summed E-state index contributed by atoms with van der Waals surface area (Å²) in [6.07, 6.45) is 4.79. The number of hydrogen-bond donors (Lipinski definition) is 2. The molecule has 2 aromatic carbocycles. The van der Waals surface area contributed by atoms with E-state index in [1.165, 1.54) is 17.8 Å². The van der Waals surface area contributed by atoms with Crippen LogP contribution in [0.2, 0.25) is 5.02 Å². The summed E-state index contributed by atoms with van der Waals surface area (Å²) in [4.78, 5) is 24.8. The van der Waals surface area contributed by atoms with Crippen LogP contribution in [0.1, 0.15) is 22.5 Å². The van der Waals surface area contributed by atoms with E-state index in [0.717, 1.165) is 22.4 Å². The first-order valence-corrected chi connectivity index (χ1v) is 12.0. The van der Waals surface area contributed by atoms with E-state index in [1.54, 1.807) is 18.2 Å². The maximum atomic E-state index is 12.5. The number of halogens is 1. The van der Waals surface area contributed by atoms with Gasteiger partial charge in [0.05, 0.1) is 12.3 Å². The molecule has 0 atom stereocenters. The molecule has 9 heteroatoms. The SMILES string of the molecule is C=CCn1c(CNC(=O)C=Cc2ccccc2Cl)nnc1SCC(=O)Nc1c(C)cccc1C. The maximum absolute atomic E-state index is 12.5. The fraction of sp³-hybridized carbons (Fsp3) is 0.200. The standard InChI is InChI=1S/C25H26ClN5O2S/c1-4-14-31-21(15-27-22(32)13-12-19-10-5-6-11-20(19)26)29-30-25(31)34-16-23(33)28-24-17(2)8-7-9-18(24)3/h4-13H,1,14-16H2,2-3H3,(H,27,32)(H,28,33). The fourth-order valence-corrected chi connectivity index (χ4v) is 4.15. The first-order valence-electron chi connectivity index (χ1n) is 10.6. The van der Waals surface area contributed by atoms with Gasteiger partial charge in [-0.05, 0) is 42.7 Å². The van der Waals surface area contributed by atoms with E-state index in [9.17, 15) is 9.59 Å². The quantitative estimate of drug-likeness (QED) is 0.240. The van der Waals surface area contributed by atoms with E-state index in [4.69, 9.17) is 11.6 Å². The minimum Gasteiger partial charge on any atom is -0.345 e. The van der Waals surface area contributed by atoms with Gasteiger partial charge >= 0.3 is 0 Å². The molecule has 1 heterocycles. The molecule has 1 aromatic heterocycles. The number of anilines is 1. The molecule has 2 N–H and O–H groups in total. The van der Waals surface area contributed by atoms with Gasteiger partial charge in [0.25, 0.3) is 0 Å². The van der Waals surface area contributed by atoms with E-state index in [0.29, 0.717) is 22.5 Å². The number of hydrogen-bond acceptors (Lipinski definition) is 5. The van der Waals surface area contributed by atoms with Crippen molar-refractivity contribution in [1.29, 1.82) is 0 Å². The zero-order valence-corrected chi connectivity index (χ0v) is 20.6. The van der Waals surface area contributed by atoms with E-state index in [1.807, 2.05) is 54.8 Å². The van der Waals surface area contributed by atoms with Crippen molar-refractivity contribution in [3.05, 3.63) is 88.7 Å². The summed E-state index contributed by atoms with van der Waals surface area (Å²) in [7, 11) is 0. The Balaban J connectivity index is 1.59. The molecule has 0 fully saturated rings. The third-order valence-electron chi connectivity index (χ3n) is 4.92. The van der Waals surface area contributed by atoms with E-state index >= 15 is 0 Å². The van der Waals surface area contributed by atoms with Crippen LogP contribution >= 0.6 is 23.4 Å². The summed E-state index contributed by atoms with van der Waals surface area (Å²) in [6, 6.07) is 13.1. The summed E-state index contributed by atoms with van der Waals surface area (Å²) >= 11 is 7.39. The highest BCUT2D eigenvalue weighted by Crippen LogP contribution is 2.22. The number of allylic oxidation sites excluding steroid dienone is 1. The topological polar surface area (TPSA) is 88.9 Å². The second kappa shape index (κ2) is 12.2. The Bertz CT molecular complexity index is 1200. The first kappa shape index (κ1) is 25.3. The Morgan fingerprint density at radius 3 is 2.56 bits per heavy atom. The lowest BCUT2D eigenvalue weighted by Gasteiger charge is -2.11. The van der Waals surface area contributed by atoms with Gasteiger partial charge in [0.2, 0.25) is 11.8 Å². The lowest BCUT2D eigenvalue weighted by atomic mass is 10.1. The second-order valence-electron chi connectivity index (χ2n) is 7.47. The van der Waals surface area contributed by atoms with E-state index < -0.39 is 0 Å². The molecular formula is C25H26ClN5O2S. The van der Waals surface area contributed by atoms with Crippen LogP contribution < -0.4 is 10.6 Å². The Morgan fingerprint density at radius 1 is 1.12 bits per heavy atom. The number of benzene rings is 2. The molecule has 0 saturated heterocycles. The predicted octanol–water partition coefficient (Wildman–Crippen LogP) is 4.79. The highest BCUT2D eigenvalue weighted by Gasteiger charge is 2.15. The summed E-state index contributed by atoms with van der Waals surface area (Å²) < 4.78 is 1.82. The van der Waals surface area contributed by atoms with Gasteiger partial charge in [-0.25, -0.2) is 0 Å². The van der Waals surface area contributed by atoms with Crippen LogP contribution in [0, 0.1) is 13.8 Å². The van der Waals surface area contributed by atoms with Crippen molar-refractivity contribution in [1.82, 2.24) is 20.1 Å². The van der Waals surface area contributed by atoms with Crippen molar-refractivity contribution in [2.45, 2.75) is 32.1 Å². The summed E-state index contributed by atoms with van der Waals surface area (Å²) in [5, 5.41) is 15.3. The molecule has 0 radical (unpaired) electrons. The number of nitrogens with one attached hydrogen (secondary N) is 2. The summed E-state index contributed by atoms with van der Waals surface area (Å²) in [5.74, 6) is 0.332. The molecule has 7 nitrogen and oxygen atoms in total. The average Bonchev–Trinajstić information content (AvgIpc) is 3.20. The number of aromatic nitrogens is 3. The number of aryl methyl sites for hydroxylation is 2. The van der Waals surface area contributed by atoms with Crippen molar-refractivity contribution in [3.63, 3.8) is 0 Å². The van der Waals surface area contributed by atoms with Crippen molar-refractivity contribution < 1.29 is 9.59 Å². The summed E-state index contributed by atoms with van der Waals surface area (Å²) in [6.45, 7) is 8.33. The average molecular weight is 496 g/mol. The molecule has 3 rings (SSSR count). The Morgan fingerprint density at radius 2 is 1.85 bits per heavy atom. The number of carbonyl (C=O) groups is 2. The molecule has 0 saturated carbocycles. The van der Waals surface area contributed by atoms with Crippen LogP contribution in [0.15, 0.2) is 66.4 Å². The number of amides is 2. The fourth-order valence-electron chi connectivity index (χ4n) is 3.19. The monoisotopic (exact) mass is 495 g/mol. The number of rotatable bonds is 10. The molecule has 0 aliphatic heterocycles. The van der Waals surface area contributed by atoms with Gasteiger partial charge in [-0.3, -0.25) is 9.59 Å². The zero-order chi connectivity index (χ0) is 24.5. The highest BCUT2D eigenvalue weighted by atomic mass is 35.5. The Labute approximate surface area is 208 Å². The Hall–Kier alpha value is -3.36. The Kier molecular flexibility index (Phi) is 9.07. The lowest BCUT2D eigenvalue weighted by molar-refractivity contribution is -0.116. The molecule has 0 bridgehead atoms. The van der Waals surface area contributed by atoms with Gasteiger partial charge in [0.15, 0.2) is 11.0 Å². The van der Waals surface area contributed by atoms with Crippen LogP contribution in [0.5, 0.6) is 0 Å². The molecular weight excluding hydrogens is 470 g/mol. The molecule has 2 amide bonds. The van der Waals surface area contributed by atoms with Crippen molar-refractivity contribution in [3.8, 4) is 0 Å². The van der Waals surface area contributed by atoms with Crippen LogP contribution in [0.25, 0.3) is 6.08 Å². The molecule has 3 aromatic rings. The van der Waals surface area contributed by atoms with Gasteiger partial charge in [0.1, 0.15) is 0 Å². The number of para-hydroxylation sites is 1. The summed E-state index contributed by atoms with van der Waals surface area (Å²) in [5.41, 5.74) is 3.60. The van der Waals surface area contributed by atoms with Crippen LogP contribution in [-0.2, 0) is 22.7 Å². The number of carbonyl (C=O) groups excluding carboxylic acids is 2. The third-order valence-corrected chi connectivity index (χ3v) is 6.23. The van der Waals surface area contributed by atoms with Crippen LogP contribution in [0.3, 0.4) is 0 Å². The van der Waals surface area contributed by atoms with Crippen molar-refractivity contribution in [2.24, 2.45) is 0 Å². The molecule has 0 aliphatic rings. The normalized spacial score (nSPS) is 10.9. The van der Waals surface area contributed by atoms with E-state index in [-0.39, 0.29) is 24.1 Å². The van der Waals surface area contributed by atoms with Gasteiger partial charge in [-0.2, -0.15) is 0 Å². The van der Waals surface area contributed by atoms with Gasteiger partial charge < -0.3 is 15.2 Å². The van der Waals surface area contributed by atoms with Crippen molar-refractivity contribution >= 4 is 46.9 Å². The maximum Gasteiger partial charge on any atom is 0.244 e.